The number of amides is 2. The minimum atomic E-state index is -0.433. The van der Waals surface area contributed by atoms with Gasteiger partial charge < -0.3 is 4.42 Å². The summed E-state index contributed by atoms with van der Waals surface area (Å²) in [4.78, 5) is 32.6. The van der Waals surface area contributed by atoms with Crippen LogP contribution in [-0.2, 0) is 9.59 Å². The van der Waals surface area contributed by atoms with E-state index in [4.69, 9.17) is 4.42 Å². The summed E-state index contributed by atoms with van der Waals surface area (Å²) in [6.45, 7) is 1.91. The molecule has 0 aliphatic carbocycles. The van der Waals surface area contributed by atoms with Crippen molar-refractivity contribution in [1.29, 1.82) is 0 Å². The molecule has 0 saturated heterocycles. The largest absolute Gasteiger partial charge is 0.463 e. The van der Waals surface area contributed by atoms with Gasteiger partial charge in [-0.2, -0.15) is 4.99 Å². The van der Waals surface area contributed by atoms with Gasteiger partial charge in [-0.25, -0.2) is 9.89 Å². The third-order valence-corrected chi connectivity index (χ3v) is 2.81. The molecule has 1 aromatic rings. The molecule has 0 saturated carbocycles. The Balaban J connectivity index is 1.90. The summed E-state index contributed by atoms with van der Waals surface area (Å²) < 4.78 is 5.25. The number of carbonyl (C=O) groups excluding carboxylic acids is 2. The maximum atomic E-state index is 11.9. The van der Waals surface area contributed by atoms with Crippen molar-refractivity contribution < 1.29 is 14.0 Å². The summed E-state index contributed by atoms with van der Waals surface area (Å²) in [7, 11) is 0. The van der Waals surface area contributed by atoms with Crippen molar-refractivity contribution in [3.63, 3.8) is 0 Å². The third kappa shape index (κ3) is 2.23. The highest BCUT2D eigenvalue weighted by atomic mass is 16.3. The summed E-state index contributed by atoms with van der Waals surface area (Å²) in [5.41, 5.74) is 0.992. The van der Waals surface area contributed by atoms with Crippen molar-refractivity contribution in [2.75, 3.05) is 0 Å². The zero-order valence-electron chi connectivity index (χ0n) is 10.7. The zero-order valence-corrected chi connectivity index (χ0v) is 10.7. The molecule has 3 rings (SSSR count). The van der Waals surface area contributed by atoms with Crippen LogP contribution in [0.25, 0.3) is 0 Å². The molecule has 1 aromatic heterocycles. The minimum absolute atomic E-state index is 0.232. The molecule has 0 bridgehead atoms. The highest BCUT2D eigenvalue weighted by Crippen LogP contribution is 2.19. The van der Waals surface area contributed by atoms with Gasteiger partial charge in [-0.05, 0) is 30.7 Å². The van der Waals surface area contributed by atoms with Crippen LogP contribution in [0.4, 0.5) is 0 Å². The van der Waals surface area contributed by atoms with Gasteiger partial charge in [0.1, 0.15) is 23.8 Å². The van der Waals surface area contributed by atoms with Crippen LogP contribution < -0.4 is 0 Å². The molecule has 2 aliphatic rings. The van der Waals surface area contributed by atoms with E-state index in [2.05, 4.69) is 9.98 Å². The smallest absolute Gasteiger partial charge is 0.257 e. The van der Waals surface area contributed by atoms with E-state index in [9.17, 15) is 9.59 Å². The number of fused-ring (bicyclic) bond motifs is 1. The molecular formula is C14H11N3O3. The lowest BCUT2D eigenvalue weighted by Gasteiger charge is -2.26. The average Bonchev–Trinajstić information content (AvgIpc) is 2.81. The van der Waals surface area contributed by atoms with Crippen molar-refractivity contribution in [1.82, 2.24) is 4.90 Å². The Labute approximate surface area is 114 Å². The molecule has 0 radical (unpaired) electrons. The predicted molar refractivity (Wildman–Crippen MR) is 72.2 cm³/mol. The van der Waals surface area contributed by atoms with E-state index in [0.29, 0.717) is 17.4 Å². The fourth-order valence-electron chi connectivity index (χ4n) is 1.96. The summed E-state index contributed by atoms with van der Waals surface area (Å²) in [6, 6.07) is 1.83. The van der Waals surface area contributed by atoms with Gasteiger partial charge >= 0.3 is 0 Å². The SMILES string of the molecule is Cc1coc(C=NC2=CC=CC3=NC(=O)CC(=O)N23)c1. The lowest BCUT2D eigenvalue weighted by molar-refractivity contribution is -0.132. The van der Waals surface area contributed by atoms with Crippen molar-refractivity contribution in [3.8, 4) is 0 Å². The monoisotopic (exact) mass is 269 g/mol. The topological polar surface area (TPSA) is 75.2 Å². The van der Waals surface area contributed by atoms with Crippen LogP contribution in [0, 0.1) is 6.92 Å². The maximum absolute atomic E-state index is 11.9. The van der Waals surface area contributed by atoms with E-state index in [0.717, 1.165) is 5.56 Å². The van der Waals surface area contributed by atoms with Gasteiger partial charge in [0.05, 0.1) is 12.5 Å². The van der Waals surface area contributed by atoms with E-state index in [1.807, 2.05) is 13.0 Å². The van der Waals surface area contributed by atoms with Crippen LogP contribution in [0.15, 0.2) is 50.8 Å². The normalized spacial score (nSPS) is 18.4. The van der Waals surface area contributed by atoms with Crippen molar-refractivity contribution in [2.24, 2.45) is 9.98 Å². The maximum Gasteiger partial charge on any atom is 0.257 e. The fraction of sp³-hybridized carbons (Fsp3) is 0.143. The van der Waals surface area contributed by atoms with Crippen molar-refractivity contribution in [3.05, 3.63) is 47.7 Å². The summed E-state index contributed by atoms with van der Waals surface area (Å²) in [5, 5.41) is 0. The van der Waals surface area contributed by atoms with Crippen LogP contribution >= 0.6 is 0 Å². The summed E-state index contributed by atoms with van der Waals surface area (Å²) >= 11 is 0. The first-order valence-corrected chi connectivity index (χ1v) is 6.05. The highest BCUT2D eigenvalue weighted by Gasteiger charge is 2.30. The quantitative estimate of drug-likeness (QED) is 0.604. The number of aliphatic imine (C=N–C) groups is 2. The second-order valence-corrected chi connectivity index (χ2v) is 4.44. The molecule has 100 valence electrons. The van der Waals surface area contributed by atoms with Crippen molar-refractivity contribution >= 4 is 23.9 Å². The van der Waals surface area contributed by atoms with Crippen LogP contribution in [0.3, 0.4) is 0 Å². The molecule has 20 heavy (non-hydrogen) atoms. The molecule has 2 amide bonds. The van der Waals surface area contributed by atoms with Gasteiger partial charge in [0.25, 0.3) is 5.91 Å². The van der Waals surface area contributed by atoms with E-state index < -0.39 is 5.91 Å². The molecule has 0 N–H and O–H groups in total. The number of allylic oxidation sites excluding steroid dienone is 2. The fourth-order valence-corrected chi connectivity index (χ4v) is 1.96. The number of nitrogens with zero attached hydrogens (tertiary/aromatic N) is 3. The Morgan fingerprint density at radius 3 is 3.05 bits per heavy atom. The first-order chi connectivity index (χ1) is 9.63. The number of carbonyl (C=O) groups is 2. The van der Waals surface area contributed by atoms with Crippen LogP contribution in [0.1, 0.15) is 17.7 Å². The van der Waals surface area contributed by atoms with Crippen LogP contribution in [0.5, 0.6) is 0 Å². The molecule has 2 aliphatic heterocycles. The standard InChI is InChI=1S/C14H11N3O3/c1-9-5-10(20-8-9)7-15-11-3-2-4-12-16-13(18)6-14(19)17(11)12/h2-5,7-8H,6H2,1H3. The number of furan rings is 1. The highest BCUT2D eigenvalue weighted by molar-refractivity contribution is 6.18. The molecule has 3 heterocycles. The molecular weight excluding hydrogens is 258 g/mol. The predicted octanol–water partition coefficient (Wildman–Crippen LogP) is 1.58. The average molecular weight is 269 g/mol. The lowest BCUT2D eigenvalue weighted by Crippen LogP contribution is -2.40. The van der Waals surface area contributed by atoms with E-state index >= 15 is 0 Å². The molecule has 0 fully saturated rings. The molecule has 6 heteroatoms. The first kappa shape index (κ1) is 12.3. The number of hydrogen-bond donors (Lipinski definition) is 0. The van der Waals surface area contributed by atoms with Gasteiger partial charge in [-0.3, -0.25) is 9.59 Å². The summed E-state index contributed by atoms with van der Waals surface area (Å²) in [6.07, 6.45) is 7.89. The molecule has 0 unspecified atom stereocenters. The molecule has 0 atom stereocenters. The Kier molecular flexibility index (Phi) is 2.90. The molecule has 0 aromatic carbocycles. The number of hydrogen-bond acceptors (Lipinski definition) is 4. The Morgan fingerprint density at radius 1 is 1.45 bits per heavy atom. The van der Waals surface area contributed by atoms with Crippen LogP contribution in [-0.4, -0.2) is 28.8 Å². The molecule has 0 spiro atoms. The minimum Gasteiger partial charge on any atom is -0.463 e. The second-order valence-electron chi connectivity index (χ2n) is 4.44. The van der Waals surface area contributed by atoms with Gasteiger partial charge in [-0.1, -0.05) is 6.08 Å². The second kappa shape index (κ2) is 4.73. The van der Waals surface area contributed by atoms with Gasteiger partial charge in [-0.15, -0.1) is 0 Å². The Bertz CT molecular complexity index is 707. The van der Waals surface area contributed by atoms with E-state index in [1.165, 1.54) is 11.1 Å². The number of rotatable bonds is 2. The third-order valence-electron chi connectivity index (χ3n) is 2.81. The van der Waals surface area contributed by atoms with Crippen LogP contribution in [0.2, 0.25) is 0 Å². The van der Waals surface area contributed by atoms with E-state index in [1.54, 1.807) is 24.5 Å². The lowest BCUT2D eigenvalue weighted by atomic mass is 10.2. The Morgan fingerprint density at radius 2 is 2.30 bits per heavy atom. The first-order valence-electron chi connectivity index (χ1n) is 6.05. The molecule has 6 nitrogen and oxygen atoms in total. The van der Waals surface area contributed by atoms with Crippen molar-refractivity contribution in [2.45, 2.75) is 13.3 Å². The number of aryl methyl sites for hydroxylation is 1. The Hall–Kier alpha value is -2.76. The zero-order chi connectivity index (χ0) is 14.1. The van der Waals surface area contributed by atoms with Gasteiger partial charge in [0, 0.05) is 0 Å². The van der Waals surface area contributed by atoms with Gasteiger partial charge in [0.15, 0.2) is 0 Å². The van der Waals surface area contributed by atoms with Gasteiger partial charge in [0.2, 0.25) is 5.91 Å². The number of amidine groups is 1. The van der Waals surface area contributed by atoms with E-state index in [-0.39, 0.29) is 12.3 Å². The summed E-state index contributed by atoms with van der Waals surface area (Å²) in [5.74, 6) is 0.549.